The Morgan fingerprint density at radius 3 is 2.25 bits per heavy atom. The third-order valence-electron chi connectivity index (χ3n) is 5.07. The summed E-state index contributed by atoms with van der Waals surface area (Å²) in [6, 6.07) is 18.2. The van der Waals surface area contributed by atoms with Crippen molar-refractivity contribution in [2.45, 2.75) is 0 Å². The molecule has 0 N–H and O–H groups in total. The van der Waals surface area contributed by atoms with Gasteiger partial charge in [-0.15, -0.1) is 0 Å². The lowest BCUT2D eigenvalue weighted by Crippen LogP contribution is -2.02. The van der Waals surface area contributed by atoms with Crippen molar-refractivity contribution in [1.29, 1.82) is 0 Å². The molecule has 0 saturated carbocycles. The standard InChI is InChI=1S/C26H21BrO5/c1-29-19-9-5-16(6-10-19)4-7-17-12-20(30-2)14-24(31-3)26(17)25-15-22(28)21-11-8-18(27)13-23(21)32-25/h4-15H,1-3H3. The van der Waals surface area contributed by atoms with Crippen LogP contribution in [0.1, 0.15) is 11.1 Å². The molecule has 0 fully saturated rings. The van der Waals surface area contributed by atoms with E-state index in [2.05, 4.69) is 15.9 Å². The molecule has 5 nitrogen and oxygen atoms in total. The summed E-state index contributed by atoms with van der Waals surface area (Å²) in [6.07, 6.45) is 3.90. The third-order valence-corrected chi connectivity index (χ3v) is 5.56. The van der Waals surface area contributed by atoms with Crippen LogP contribution in [0.2, 0.25) is 0 Å². The van der Waals surface area contributed by atoms with Crippen molar-refractivity contribution in [2.75, 3.05) is 21.3 Å². The minimum Gasteiger partial charge on any atom is -0.497 e. The van der Waals surface area contributed by atoms with Crippen LogP contribution in [0.5, 0.6) is 17.2 Å². The number of ether oxygens (including phenoxy) is 3. The van der Waals surface area contributed by atoms with Gasteiger partial charge in [0.05, 0.1) is 32.3 Å². The fourth-order valence-corrected chi connectivity index (χ4v) is 3.78. The van der Waals surface area contributed by atoms with E-state index in [1.54, 1.807) is 39.5 Å². The Balaban J connectivity index is 1.90. The molecule has 32 heavy (non-hydrogen) atoms. The van der Waals surface area contributed by atoms with Gasteiger partial charge >= 0.3 is 0 Å². The second-order valence-corrected chi connectivity index (χ2v) is 7.93. The van der Waals surface area contributed by atoms with Crippen LogP contribution < -0.4 is 19.6 Å². The van der Waals surface area contributed by atoms with Crippen LogP contribution in [0.4, 0.5) is 0 Å². The average Bonchev–Trinajstić information content (AvgIpc) is 2.81. The van der Waals surface area contributed by atoms with E-state index in [0.29, 0.717) is 33.8 Å². The summed E-state index contributed by atoms with van der Waals surface area (Å²) in [5, 5.41) is 0.514. The Kier molecular flexibility index (Phi) is 6.32. The summed E-state index contributed by atoms with van der Waals surface area (Å²) < 4.78 is 23.3. The van der Waals surface area contributed by atoms with Crippen molar-refractivity contribution in [3.63, 3.8) is 0 Å². The lowest BCUT2D eigenvalue weighted by atomic mass is 10.0. The Bertz CT molecular complexity index is 1350. The fraction of sp³-hybridized carbons (Fsp3) is 0.115. The van der Waals surface area contributed by atoms with Crippen LogP contribution in [0, 0.1) is 0 Å². The van der Waals surface area contributed by atoms with Gasteiger partial charge < -0.3 is 18.6 Å². The van der Waals surface area contributed by atoms with Gasteiger partial charge in [-0.2, -0.15) is 0 Å². The molecule has 0 saturated heterocycles. The van der Waals surface area contributed by atoms with E-state index in [-0.39, 0.29) is 5.43 Å². The zero-order valence-corrected chi connectivity index (χ0v) is 19.4. The van der Waals surface area contributed by atoms with Gasteiger partial charge in [-0.05, 0) is 47.5 Å². The smallest absolute Gasteiger partial charge is 0.193 e. The van der Waals surface area contributed by atoms with E-state index < -0.39 is 0 Å². The van der Waals surface area contributed by atoms with Crippen molar-refractivity contribution in [3.8, 4) is 28.6 Å². The fourth-order valence-electron chi connectivity index (χ4n) is 3.44. The van der Waals surface area contributed by atoms with Crippen molar-refractivity contribution in [1.82, 2.24) is 0 Å². The highest BCUT2D eigenvalue weighted by Crippen LogP contribution is 2.38. The van der Waals surface area contributed by atoms with Crippen LogP contribution in [-0.2, 0) is 0 Å². The van der Waals surface area contributed by atoms with Crippen LogP contribution in [0.25, 0.3) is 34.4 Å². The van der Waals surface area contributed by atoms with Gasteiger partial charge in [-0.25, -0.2) is 0 Å². The SMILES string of the molecule is COc1ccc(C=Cc2cc(OC)cc(OC)c2-c2cc(=O)c3ccc(Br)cc3o2)cc1. The number of fused-ring (bicyclic) bond motifs is 1. The molecule has 0 spiro atoms. The van der Waals surface area contributed by atoms with Crippen LogP contribution >= 0.6 is 15.9 Å². The minimum atomic E-state index is -0.128. The Labute approximate surface area is 194 Å². The third kappa shape index (κ3) is 4.41. The number of benzene rings is 3. The highest BCUT2D eigenvalue weighted by molar-refractivity contribution is 9.10. The summed E-state index contributed by atoms with van der Waals surface area (Å²) in [5.41, 5.74) is 2.80. The molecule has 0 aliphatic carbocycles. The second-order valence-electron chi connectivity index (χ2n) is 7.02. The molecule has 0 aliphatic rings. The zero-order chi connectivity index (χ0) is 22.7. The van der Waals surface area contributed by atoms with Gasteiger partial charge in [0.1, 0.15) is 28.6 Å². The molecule has 0 unspecified atom stereocenters. The molecule has 1 heterocycles. The number of hydrogen-bond acceptors (Lipinski definition) is 5. The molecule has 0 atom stereocenters. The molecule has 4 aromatic rings. The Hall–Kier alpha value is -3.51. The first-order chi connectivity index (χ1) is 15.5. The Morgan fingerprint density at radius 2 is 1.56 bits per heavy atom. The first kappa shape index (κ1) is 21.7. The number of halogens is 1. The topological polar surface area (TPSA) is 57.9 Å². The molecule has 0 aliphatic heterocycles. The molecule has 0 bridgehead atoms. The molecule has 162 valence electrons. The molecule has 6 heteroatoms. The van der Waals surface area contributed by atoms with E-state index in [0.717, 1.165) is 21.3 Å². The van der Waals surface area contributed by atoms with Gasteiger partial charge in [0.2, 0.25) is 0 Å². The highest BCUT2D eigenvalue weighted by atomic mass is 79.9. The lowest BCUT2D eigenvalue weighted by molar-refractivity contribution is 0.394. The van der Waals surface area contributed by atoms with E-state index in [9.17, 15) is 4.79 Å². The average molecular weight is 493 g/mol. The van der Waals surface area contributed by atoms with Crippen molar-refractivity contribution < 1.29 is 18.6 Å². The van der Waals surface area contributed by atoms with E-state index in [1.807, 2.05) is 48.6 Å². The van der Waals surface area contributed by atoms with Crippen LogP contribution in [-0.4, -0.2) is 21.3 Å². The van der Waals surface area contributed by atoms with E-state index in [1.165, 1.54) is 6.07 Å². The summed E-state index contributed by atoms with van der Waals surface area (Å²) in [5.74, 6) is 2.37. The molecule has 0 amide bonds. The first-order valence-electron chi connectivity index (χ1n) is 9.84. The second kappa shape index (κ2) is 9.32. The maximum absolute atomic E-state index is 12.8. The minimum absolute atomic E-state index is 0.128. The molecule has 3 aromatic carbocycles. The summed E-state index contributed by atoms with van der Waals surface area (Å²) in [4.78, 5) is 12.8. The van der Waals surface area contributed by atoms with Gasteiger partial charge in [0, 0.05) is 16.6 Å². The van der Waals surface area contributed by atoms with Gasteiger partial charge in [0.25, 0.3) is 0 Å². The van der Waals surface area contributed by atoms with Crippen LogP contribution in [0.15, 0.2) is 74.3 Å². The van der Waals surface area contributed by atoms with Crippen molar-refractivity contribution in [2.24, 2.45) is 0 Å². The zero-order valence-electron chi connectivity index (χ0n) is 17.8. The summed E-state index contributed by atoms with van der Waals surface area (Å²) in [6.45, 7) is 0. The predicted molar refractivity (Wildman–Crippen MR) is 131 cm³/mol. The molecular weight excluding hydrogens is 472 g/mol. The number of hydrogen-bond donors (Lipinski definition) is 0. The van der Waals surface area contributed by atoms with Crippen molar-refractivity contribution in [3.05, 3.63) is 86.5 Å². The number of methoxy groups -OCH3 is 3. The van der Waals surface area contributed by atoms with E-state index in [4.69, 9.17) is 18.6 Å². The molecule has 0 radical (unpaired) electrons. The number of rotatable bonds is 6. The Morgan fingerprint density at radius 1 is 0.812 bits per heavy atom. The van der Waals surface area contributed by atoms with E-state index >= 15 is 0 Å². The maximum atomic E-state index is 12.8. The van der Waals surface area contributed by atoms with Gasteiger partial charge in [0.15, 0.2) is 5.43 Å². The molecule has 4 rings (SSSR count). The maximum Gasteiger partial charge on any atom is 0.193 e. The molecular formula is C26H21BrO5. The van der Waals surface area contributed by atoms with Gasteiger partial charge in [-0.3, -0.25) is 4.79 Å². The summed E-state index contributed by atoms with van der Waals surface area (Å²) in [7, 11) is 4.81. The largest absolute Gasteiger partial charge is 0.497 e. The lowest BCUT2D eigenvalue weighted by Gasteiger charge is -2.14. The van der Waals surface area contributed by atoms with Crippen LogP contribution in [0.3, 0.4) is 0 Å². The monoisotopic (exact) mass is 492 g/mol. The quantitative estimate of drug-likeness (QED) is 0.290. The first-order valence-corrected chi connectivity index (χ1v) is 10.6. The van der Waals surface area contributed by atoms with Crippen molar-refractivity contribution >= 4 is 39.1 Å². The van der Waals surface area contributed by atoms with Gasteiger partial charge in [-0.1, -0.05) is 40.2 Å². The summed E-state index contributed by atoms with van der Waals surface area (Å²) >= 11 is 3.44. The molecule has 1 aromatic heterocycles. The predicted octanol–water partition coefficient (Wildman–Crippen LogP) is 6.42. The normalized spacial score (nSPS) is 11.1. The highest BCUT2D eigenvalue weighted by Gasteiger charge is 2.17.